The third-order valence-electron chi connectivity index (χ3n) is 5.60. The molecule has 21 heavy (non-hydrogen) atoms. The lowest BCUT2D eigenvalue weighted by molar-refractivity contribution is -0.130. The van der Waals surface area contributed by atoms with Gasteiger partial charge in [0.25, 0.3) is 0 Å². The van der Waals surface area contributed by atoms with Crippen molar-refractivity contribution < 1.29 is 9.53 Å². The number of amides is 1. The molecule has 3 rings (SSSR count). The number of hydrogen-bond donors (Lipinski definition) is 2. The predicted octanol–water partition coefficient (Wildman–Crippen LogP) is 2.37. The zero-order chi connectivity index (χ0) is 14.7. The quantitative estimate of drug-likeness (QED) is 0.676. The van der Waals surface area contributed by atoms with Crippen LogP contribution in [0.2, 0.25) is 0 Å². The molecule has 2 N–H and O–H groups in total. The van der Waals surface area contributed by atoms with Gasteiger partial charge in [-0.25, -0.2) is 0 Å². The zero-order valence-electron chi connectivity index (χ0n) is 13.3. The van der Waals surface area contributed by atoms with Crippen LogP contribution in [-0.4, -0.2) is 37.2 Å². The fraction of sp³-hybridized carbons (Fsp3) is 0.941. The molecule has 0 radical (unpaired) electrons. The van der Waals surface area contributed by atoms with Gasteiger partial charge in [-0.05, 0) is 52.0 Å². The lowest BCUT2D eigenvalue weighted by Gasteiger charge is -2.54. The van der Waals surface area contributed by atoms with Gasteiger partial charge in [0.15, 0.2) is 0 Å². The lowest BCUT2D eigenvalue weighted by Crippen LogP contribution is -2.62. The average Bonchev–Trinajstić information content (AvgIpc) is 3.11. The number of rotatable bonds is 8. The molecule has 0 saturated heterocycles. The summed E-state index contributed by atoms with van der Waals surface area (Å²) in [5.41, 5.74) is 0.409. The van der Waals surface area contributed by atoms with Crippen LogP contribution in [0.5, 0.6) is 0 Å². The van der Waals surface area contributed by atoms with Crippen molar-refractivity contribution in [3.63, 3.8) is 0 Å². The molecule has 0 aliphatic heterocycles. The van der Waals surface area contributed by atoms with Crippen LogP contribution in [0.15, 0.2) is 0 Å². The van der Waals surface area contributed by atoms with E-state index >= 15 is 0 Å². The maximum atomic E-state index is 11.6. The Balaban J connectivity index is 1.36. The van der Waals surface area contributed by atoms with Gasteiger partial charge in [0.05, 0.1) is 6.10 Å². The first-order valence-corrected chi connectivity index (χ1v) is 8.89. The summed E-state index contributed by atoms with van der Waals surface area (Å²) in [6.45, 7) is 3.89. The van der Waals surface area contributed by atoms with Crippen molar-refractivity contribution in [3.8, 4) is 0 Å². The molecule has 0 bridgehead atoms. The highest BCUT2D eigenvalue weighted by atomic mass is 16.5. The van der Waals surface area contributed by atoms with Crippen molar-refractivity contribution in [3.05, 3.63) is 0 Å². The van der Waals surface area contributed by atoms with E-state index in [-0.39, 0.29) is 5.91 Å². The minimum absolute atomic E-state index is 0.232. The molecule has 4 nitrogen and oxygen atoms in total. The highest BCUT2D eigenvalue weighted by molar-refractivity contribution is 5.76. The highest BCUT2D eigenvalue weighted by Gasteiger charge is 2.56. The summed E-state index contributed by atoms with van der Waals surface area (Å²) in [6, 6.07) is 1.11. The van der Waals surface area contributed by atoms with Gasteiger partial charge in [0, 0.05) is 30.5 Å². The van der Waals surface area contributed by atoms with E-state index in [2.05, 4.69) is 17.6 Å². The largest absolute Gasteiger partial charge is 0.378 e. The van der Waals surface area contributed by atoms with Crippen LogP contribution in [0.4, 0.5) is 0 Å². The Kier molecular flexibility index (Phi) is 4.85. The third-order valence-corrected chi connectivity index (χ3v) is 5.60. The molecule has 0 aromatic carbocycles. The van der Waals surface area contributed by atoms with Gasteiger partial charge in [-0.3, -0.25) is 4.79 Å². The molecule has 2 unspecified atom stereocenters. The Labute approximate surface area is 128 Å². The molecule has 3 saturated carbocycles. The minimum Gasteiger partial charge on any atom is -0.378 e. The van der Waals surface area contributed by atoms with Gasteiger partial charge in [-0.15, -0.1) is 0 Å². The topological polar surface area (TPSA) is 50.4 Å². The van der Waals surface area contributed by atoms with E-state index in [1.54, 1.807) is 0 Å². The highest BCUT2D eigenvalue weighted by Crippen LogP contribution is 2.54. The van der Waals surface area contributed by atoms with E-state index in [1.165, 1.54) is 38.5 Å². The number of hydrogen-bond acceptors (Lipinski definition) is 3. The van der Waals surface area contributed by atoms with Crippen LogP contribution in [0.25, 0.3) is 0 Å². The molecular weight excluding hydrogens is 264 g/mol. The molecule has 4 heteroatoms. The van der Waals surface area contributed by atoms with Crippen molar-refractivity contribution in [2.45, 2.75) is 82.9 Å². The summed E-state index contributed by atoms with van der Waals surface area (Å²) in [5, 5.41) is 6.76. The second-order valence-electron chi connectivity index (χ2n) is 7.07. The first-order valence-electron chi connectivity index (χ1n) is 8.89. The Morgan fingerprint density at radius 2 is 2.05 bits per heavy atom. The van der Waals surface area contributed by atoms with Crippen molar-refractivity contribution in [2.75, 3.05) is 13.2 Å². The molecule has 2 atom stereocenters. The number of carbonyl (C=O) groups excluding carboxylic acids is 1. The minimum atomic E-state index is 0.232. The lowest BCUT2D eigenvalue weighted by atomic mass is 9.60. The zero-order valence-corrected chi connectivity index (χ0v) is 13.3. The standard InChI is InChI=1S/C17H30N2O2/c1-2-21-15-12-14(17(15)9-3-4-10-17)18-11-5-6-16(20)19-13-7-8-13/h13-15,18H,2-12H2,1H3,(H,19,20). The molecule has 120 valence electrons. The van der Waals surface area contributed by atoms with E-state index in [1.807, 2.05) is 0 Å². The number of ether oxygens (including phenoxy) is 1. The summed E-state index contributed by atoms with van der Waals surface area (Å²) < 4.78 is 5.94. The van der Waals surface area contributed by atoms with Gasteiger partial charge >= 0.3 is 0 Å². The fourth-order valence-electron chi connectivity index (χ4n) is 4.23. The van der Waals surface area contributed by atoms with E-state index in [9.17, 15) is 4.79 Å². The van der Waals surface area contributed by atoms with E-state index in [0.29, 0.717) is 30.0 Å². The smallest absolute Gasteiger partial charge is 0.220 e. The van der Waals surface area contributed by atoms with Gasteiger partial charge in [-0.1, -0.05) is 12.8 Å². The van der Waals surface area contributed by atoms with E-state index in [0.717, 1.165) is 26.0 Å². The third kappa shape index (κ3) is 3.42. The van der Waals surface area contributed by atoms with Crippen molar-refractivity contribution >= 4 is 5.91 Å². The summed E-state index contributed by atoms with van der Waals surface area (Å²) in [7, 11) is 0. The van der Waals surface area contributed by atoms with Crippen LogP contribution < -0.4 is 10.6 Å². The Morgan fingerprint density at radius 1 is 1.29 bits per heavy atom. The second kappa shape index (κ2) is 6.66. The Morgan fingerprint density at radius 3 is 2.71 bits per heavy atom. The normalized spacial score (nSPS) is 30.3. The van der Waals surface area contributed by atoms with Crippen LogP contribution in [-0.2, 0) is 9.53 Å². The molecule has 1 amide bonds. The molecule has 0 aromatic rings. The first kappa shape index (κ1) is 15.3. The average molecular weight is 294 g/mol. The van der Waals surface area contributed by atoms with Gasteiger partial charge < -0.3 is 15.4 Å². The predicted molar refractivity (Wildman–Crippen MR) is 83.1 cm³/mol. The molecule has 3 fully saturated rings. The number of nitrogens with one attached hydrogen (secondary N) is 2. The number of carbonyl (C=O) groups is 1. The summed E-state index contributed by atoms with van der Waals surface area (Å²) in [6.07, 6.45) is 10.9. The molecule has 0 aromatic heterocycles. The van der Waals surface area contributed by atoms with Crippen LogP contribution in [0, 0.1) is 5.41 Å². The Hall–Kier alpha value is -0.610. The summed E-state index contributed by atoms with van der Waals surface area (Å²) in [4.78, 5) is 11.6. The van der Waals surface area contributed by atoms with Crippen molar-refractivity contribution in [1.82, 2.24) is 10.6 Å². The summed E-state index contributed by atoms with van der Waals surface area (Å²) in [5.74, 6) is 0.232. The SMILES string of the molecule is CCOC1CC(NCCCC(=O)NC2CC2)C12CCCC2. The van der Waals surface area contributed by atoms with Gasteiger partial charge in [0.1, 0.15) is 0 Å². The monoisotopic (exact) mass is 294 g/mol. The fourth-order valence-corrected chi connectivity index (χ4v) is 4.23. The van der Waals surface area contributed by atoms with Crippen molar-refractivity contribution in [1.29, 1.82) is 0 Å². The van der Waals surface area contributed by atoms with Gasteiger partial charge in [-0.2, -0.15) is 0 Å². The molecule has 3 aliphatic carbocycles. The summed E-state index contributed by atoms with van der Waals surface area (Å²) >= 11 is 0. The molecule has 3 aliphatic rings. The van der Waals surface area contributed by atoms with E-state index < -0.39 is 0 Å². The van der Waals surface area contributed by atoms with Crippen LogP contribution in [0.1, 0.15) is 64.7 Å². The van der Waals surface area contributed by atoms with Crippen LogP contribution in [0.3, 0.4) is 0 Å². The van der Waals surface area contributed by atoms with E-state index in [4.69, 9.17) is 4.74 Å². The molecule has 0 heterocycles. The maximum absolute atomic E-state index is 11.6. The van der Waals surface area contributed by atoms with Crippen LogP contribution >= 0.6 is 0 Å². The van der Waals surface area contributed by atoms with Gasteiger partial charge in [0.2, 0.25) is 5.91 Å². The molecular formula is C17H30N2O2. The second-order valence-corrected chi connectivity index (χ2v) is 7.07. The molecule has 1 spiro atoms. The van der Waals surface area contributed by atoms with Crippen molar-refractivity contribution in [2.24, 2.45) is 5.41 Å². The maximum Gasteiger partial charge on any atom is 0.220 e. The first-order chi connectivity index (χ1) is 10.2. The Bertz CT molecular complexity index is 362.